The highest BCUT2D eigenvalue weighted by molar-refractivity contribution is 5.39. The first-order valence-electron chi connectivity index (χ1n) is 6.90. The molecule has 1 heterocycles. The quantitative estimate of drug-likeness (QED) is 0.866. The summed E-state index contributed by atoms with van der Waals surface area (Å²) in [5, 5.41) is 17.9. The number of aromatic nitrogens is 3. The van der Waals surface area contributed by atoms with E-state index in [9.17, 15) is 5.11 Å². The molecule has 2 aromatic rings. The second-order valence-electron chi connectivity index (χ2n) is 5.19. The fourth-order valence-corrected chi connectivity index (χ4v) is 2.75. The third-order valence-corrected chi connectivity index (χ3v) is 3.99. The van der Waals surface area contributed by atoms with Gasteiger partial charge in [-0.1, -0.05) is 30.3 Å². The Hall–Kier alpha value is -1.72. The Morgan fingerprint density at radius 2 is 2.00 bits per heavy atom. The predicted molar refractivity (Wildman–Crippen MR) is 74.3 cm³/mol. The predicted octanol–water partition coefficient (Wildman–Crippen LogP) is 1.50. The minimum Gasteiger partial charge on any atom is -0.388 e. The second-order valence-corrected chi connectivity index (χ2v) is 5.19. The lowest BCUT2D eigenvalue weighted by molar-refractivity contribution is 0.181. The van der Waals surface area contributed by atoms with Crippen LogP contribution in [0.5, 0.6) is 0 Å². The molecular formula is C15H19N3O2. The number of rotatable bonds is 6. The van der Waals surface area contributed by atoms with E-state index in [1.807, 2.05) is 10.6 Å². The van der Waals surface area contributed by atoms with Crippen molar-refractivity contribution in [1.82, 2.24) is 14.8 Å². The van der Waals surface area contributed by atoms with Gasteiger partial charge in [0.2, 0.25) is 0 Å². The Kier molecular flexibility index (Phi) is 3.54. The van der Waals surface area contributed by atoms with E-state index < -0.39 is 0 Å². The SMILES string of the molecule is COCCn1c(CO)nnc1C1(c2ccccc2)CC1. The average Bonchev–Trinajstić information content (AvgIpc) is 3.20. The maximum absolute atomic E-state index is 9.42. The first-order chi connectivity index (χ1) is 9.81. The van der Waals surface area contributed by atoms with Crippen molar-refractivity contribution >= 4 is 0 Å². The zero-order chi connectivity index (χ0) is 14.0. The average molecular weight is 273 g/mol. The maximum atomic E-state index is 9.42. The van der Waals surface area contributed by atoms with E-state index in [0.29, 0.717) is 19.0 Å². The molecule has 1 aromatic carbocycles. The molecule has 1 fully saturated rings. The summed E-state index contributed by atoms with van der Waals surface area (Å²) in [4.78, 5) is 0. The van der Waals surface area contributed by atoms with E-state index in [1.165, 1.54) is 5.56 Å². The molecule has 0 amide bonds. The number of nitrogens with zero attached hydrogens (tertiary/aromatic N) is 3. The highest BCUT2D eigenvalue weighted by Gasteiger charge is 2.50. The van der Waals surface area contributed by atoms with E-state index in [0.717, 1.165) is 18.7 Å². The molecule has 0 bridgehead atoms. The molecule has 5 nitrogen and oxygen atoms in total. The molecule has 1 saturated carbocycles. The van der Waals surface area contributed by atoms with Gasteiger partial charge in [0.15, 0.2) is 5.82 Å². The number of aliphatic hydroxyl groups is 1. The molecule has 1 aliphatic carbocycles. The Bertz CT molecular complexity index is 576. The van der Waals surface area contributed by atoms with Gasteiger partial charge in [0.1, 0.15) is 12.4 Å². The molecule has 20 heavy (non-hydrogen) atoms. The van der Waals surface area contributed by atoms with E-state index in [1.54, 1.807) is 7.11 Å². The Labute approximate surface area is 118 Å². The standard InChI is InChI=1S/C15H19N3O2/c1-20-10-9-18-13(11-19)16-17-14(18)15(7-8-15)12-5-3-2-4-6-12/h2-6,19H,7-11H2,1H3. The van der Waals surface area contributed by atoms with Crippen LogP contribution in [0.2, 0.25) is 0 Å². The van der Waals surface area contributed by atoms with Crippen LogP contribution < -0.4 is 0 Å². The lowest BCUT2D eigenvalue weighted by Crippen LogP contribution is -2.19. The zero-order valence-corrected chi connectivity index (χ0v) is 11.6. The van der Waals surface area contributed by atoms with Crippen LogP contribution >= 0.6 is 0 Å². The van der Waals surface area contributed by atoms with Crippen LogP contribution in [0.15, 0.2) is 30.3 Å². The minimum atomic E-state index is -0.0957. The molecule has 0 atom stereocenters. The van der Waals surface area contributed by atoms with Crippen LogP contribution in [0.4, 0.5) is 0 Å². The van der Waals surface area contributed by atoms with Crippen molar-refractivity contribution in [2.45, 2.75) is 31.4 Å². The number of ether oxygens (including phenoxy) is 1. The topological polar surface area (TPSA) is 60.2 Å². The summed E-state index contributed by atoms with van der Waals surface area (Å²) in [7, 11) is 1.67. The summed E-state index contributed by atoms with van der Waals surface area (Å²) in [5.41, 5.74) is 1.24. The number of methoxy groups -OCH3 is 1. The van der Waals surface area contributed by atoms with Crippen molar-refractivity contribution < 1.29 is 9.84 Å². The van der Waals surface area contributed by atoms with Crippen LogP contribution in [0.3, 0.4) is 0 Å². The van der Waals surface area contributed by atoms with E-state index in [4.69, 9.17) is 4.74 Å². The molecule has 106 valence electrons. The van der Waals surface area contributed by atoms with Crippen LogP contribution in [0.25, 0.3) is 0 Å². The molecule has 5 heteroatoms. The Balaban J connectivity index is 2.00. The monoisotopic (exact) mass is 273 g/mol. The van der Waals surface area contributed by atoms with Gasteiger partial charge in [-0.25, -0.2) is 0 Å². The van der Waals surface area contributed by atoms with Crippen molar-refractivity contribution in [1.29, 1.82) is 0 Å². The van der Waals surface area contributed by atoms with Gasteiger partial charge < -0.3 is 14.4 Å². The van der Waals surface area contributed by atoms with Gasteiger partial charge in [-0.15, -0.1) is 10.2 Å². The Morgan fingerprint density at radius 3 is 2.60 bits per heavy atom. The number of aliphatic hydroxyl groups excluding tert-OH is 1. The molecule has 0 aliphatic heterocycles. The molecular weight excluding hydrogens is 254 g/mol. The smallest absolute Gasteiger partial charge is 0.158 e. The molecule has 0 radical (unpaired) electrons. The summed E-state index contributed by atoms with van der Waals surface area (Å²) in [6, 6.07) is 10.4. The lowest BCUT2D eigenvalue weighted by Gasteiger charge is -2.17. The van der Waals surface area contributed by atoms with Crippen molar-refractivity contribution in [3.63, 3.8) is 0 Å². The van der Waals surface area contributed by atoms with Gasteiger partial charge in [0.25, 0.3) is 0 Å². The van der Waals surface area contributed by atoms with Crippen molar-refractivity contribution in [3.8, 4) is 0 Å². The van der Waals surface area contributed by atoms with Crippen molar-refractivity contribution in [2.75, 3.05) is 13.7 Å². The number of benzene rings is 1. The first-order valence-corrected chi connectivity index (χ1v) is 6.90. The summed E-state index contributed by atoms with van der Waals surface area (Å²) >= 11 is 0. The number of hydrogen-bond donors (Lipinski definition) is 1. The van der Waals surface area contributed by atoms with Gasteiger partial charge in [-0.05, 0) is 18.4 Å². The van der Waals surface area contributed by atoms with Crippen molar-refractivity contribution in [2.24, 2.45) is 0 Å². The number of hydrogen-bond acceptors (Lipinski definition) is 4. The molecule has 1 aliphatic rings. The largest absolute Gasteiger partial charge is 0.388 e. The molecule has 1 aromatic heterocycles. The summed E-state index contributed by atoms with van der Waals surface area (Å²) in [6.07, 6.45) is 2.15. The van der Waals surface area contributed by atoms with Crippen LogP contribution in [-0.4, -0.2) is 33.6 Å². The van der Waals surface area contributed by atoms with Gasteiger partial charge in [-0.2, -0.15) is 0 Å². The highest BCUT2D eigenvalue weighted by atomic mass is 16.5. The first kappa shape index (κ1) is 13.3. The molecule has 1 N–H and O–H groups in total. The van der Waals surface area contributed by atoms with Crippen molar-refractivity contribution in [3.05, 3.63) is 47.5 Å². The van der Waals surface area contributed by atoms with Crippen LogP contribution in [0.1, 0.15) is 30.1 Å². The summed E-state index contributed by atoms with van der Waals surface area (Å²) in [6.45, 7) is 1.16. The normalized spacial score (nSPS) is 16.3. The van der Waals surface area contributed by atoms with E-state index >= 15 is 0 Å². The fraction of sp³-hybridized carbons (Fsp3) is 0.467. The Morgan fingerprint density at radius 1 is 1.25 bits per heavy atom. The maximum Gasteiger partial charge on any atom is 0.158 e. The van der Waals surface area contributed by atoms with Crippen LogP contribution in [-0.2, 0) is 23.3 Å². The summed E-state index contributed by atoms with van der Waals surface area (Å²) in [5.74, 6) is 1.56. The van der Waals surface area contributed by atoms with Gasteiger partial charge in [-0.3, -0.25) is 0 Å². The minimum absolute atomic E-state index is 0.0323. The third-order valence-electron chi connectivity index (χ3n) is 3.99. The molecule has 0 saturated heterocycles. The molecule has 0 spiro atoms. The zero-order valence-electron chi connectivity index (χ0n) is 11.6. The summed E-state index contributed by atoms with van der Waals surface area (Å²) < 4.78 is 7.15. The second kappa shape index (κ2) is 5.34. The highest BCUT2D eigenvalue weighted by Crippen LogP contribution is 2.52. The van der Waals surface area contributed by atoms with Gasteiger partial charge >= 0.3 is 0 Å². The molecule has 0 unspecified atom stereocenters. The van der Waals surface area contributed by atoms with E-state index in [2.05, 4.69) is 34.5 Å². The van der Waals surface area contributed by atoms with Crippen LogP contribution in [0, 0.1) is 0 Å². The van der Waals surface area contributed by atoms with Gasteiger partial charge in [0.05, 0.1) is 12.0 Å². The molecule has 3 rings (SSSR count). The van der Waals surface area contributed by atoms with E-state index in [-0.39, 0.29) is 12.0 Å². The van der Waals surface area contributed by atoms with Gasteiger partial charge in [0, 0.05) is 13.7 Å². The lowest BCUT2D eigenvalue weighted by atomic mass is 9.95. The fourth-order valence-electron chi connectivity index (χ4n) is 2.75. The third kappa shape index (κ3) is 2.13.